The quantitative estimate of drug-likeness (QED) is 0.871. The van der Waals surface area contributed by atoms with E-state index in [-0.39, 0.29) is 18.1 Å². The number of nitrogens with one attached hydrogen (secondary N) is 1. The number of amides is 1. The van der Waals surface area contributed by atoms with Crippen molar-refractivity contribution in [1.82, 2.24) is 9.78 Å². The number of nitrogens with zero attached hydrogens (tertiary/aromatic N) is 2. The summed E-state index contributed by atoms with van der Waals surface area (Å²) in [6.07, 6.45) is 1.70. The van der Waals surface area contributed by atoms with Crippen LogP contribution in [-0.2, 0) is 11.3 Å². The molecule has 0 unspecified atom stereocenters. The van der Waals surface area contributed by atoms with Gasteiger partial charge in [-0.2, -0.15) is 5.10 Å². The molecule has 0 atom stereocenters. The Morgan fingerprint density at radius 3 is 2.79 bits per heavy atom. The number of carbonyl (C=O) groups is 1. The second-order valence-electron chi connectivity index (χ2n) is 3.93. The predicted molar refractivity (Wildman–Crippen MR) is 77.4 cm³/mol. The first kappa shape index (κ1) is 14.2. The zero-order valence-corrected chi connectivity index (χ0v) is 13.1. The zero-order chi connectivity index (χ0) is 14.0. The summed E-state index contributed by atoms with van der Waals surface area (Å²) in [5.74, 6) is -0.822. The minimum absolute atomic E-state index is 0.0297. The van der Waals surface area contributed by atoms with Gasteiger partial charge in [0.25, 0.3) is 0 Å². The maximum absolute atomic E-state index is 13.5. The molecule has 2 rings (SSSR count). The lowest BCUT2D eigenvalue weighted by atomic mass is 10.3. The van der Waals surface area contributed by atoms with Crippen LogP contribution in [-0.4, -0.2) is 15.7 Å². The molecule has 4 nitrogen and oxygen atoms in total. The van der Waals surface area contributed by atoms with Crippen LogP contribution in [0.25, 0.3) is 0 Å². The van der Waals surface area contributed by atoms with Gasteiger partial charge in [0.1, 0.15) is 12.4 Å². The highest BCUT2D eigenvalue weighted by atomic mass is 79.9. The van der Waals surface area contributed by atoms with E-state index in [1.807, 2.05) is 6.92 Å². The van der Waals surface area contributed by atoms with Gasteiger partial charge in [-0.05, 0) is 41.1 Å². The van der Waals surface area contributed by atoms with E-state index in [9.17, 15) is 9.18 Å². The third-order valence-corrected chi connectivity index (χ3v) is 3.67. The Morgan fingerprint density at radius 1 is 1.47 bits per heavy atom. The number of hydrogen-bond donors (Lipinski definition) is 1. The van der Waals surface area contributed by atoms with E-state index in [1.165, 1.54) is 16.8 Å². The molecule has 0 fully saturated rings. The Kier molecular flexibility index (Phi) is 4.36. The van der Waals surface area contributed by atoms with E-state index in [2.05, 4.69) is 42.3 Å². The highest BCUT2D eigenvalue weighted by Crippen LogP contribution is 2.19. The van der Waals surface area contributed by atoms with Crippen molar-refractivity contribution in [2.24, 2.45) is 0 Å². The molecule has 1 aromatic heterocycles. The monoisotopic (exact) mass is 389 g/mol. The minimum atomic E-state index is -0.486. The van der Waals surface area contributed by atoms with Crippen LogP contribution in [0.15, 0.2) is 33.3 Å². The standard InChI is InChI=1S/C12H10Br2FN3O/c1-7-9(14)5-18(17-7)6-12(19)16-11-3-2-8(13)4-10(11)15/h2-5H,6H2,1H3,(H,16,19). The average molecular weight is 391 g/mol. The normalized spacial score (nSPS) is 10.5. The fourth-order valence-electron chi connectivity index (χ4n) is 1.50. The molecule has 0 aliphatic rings. The van der Waals surface area contributed by atoms with Crippen LogP contribution in [0.2, 0.25) is 0 Å². The summed E-state index contributed by atoms with van der Waals surface area (Å²) in [5, 5.41) is 6.64. The van der Waals surface area contributed by atoms with E-state index in [4.69, 9.17) is 0 Å². The van der Waals surface area contributed by atoms with Crippen molar-refractivity contribution in [3.05, 3.63) is 44.9 Å². The fraction of sp³-hybridized carbons (Fsp3) is 0.167. The second kappa shape index (κ2) is 5.83. The summed E-state index contributed by atoms with van der Waals surface area (Å²) in [4.78, 5) is 11.8. The van der Waals surface area contributed by atoms with Crippen molar-refractivity contribution in [1.29, 1.82) is 0 Å². The summed E-state index contributed by atoms with van der Waals surface area (Å²) >= 11 is 6.47. The number of anilines is 1. The maximum Gasteiger partial charge on any atom is 0.246 e. The smallest absolute Gasteiger partial charge is 0.246 e. The van der Waals surface area contributed by atoms with Crippen molar-refractivity contribution in [2.45, 2.75) is 13.5 Å². The largest absolute Gasteiger partial charge is 0.322 e. The van der Waals surface area contributed by atoms with Gasteiger partial charge in [0, 0.05) is 10.7 Å². The number of aromatic nitrogens is 2. The molecule has 7 heteroatoms. The van der Waals surface area contributed by atoms with Gasteiger partial charge in [0.05, 0.1) is 15.9 Å². The molecule has 1 N–H and O–H groups in total. The first-order valence-corrected chi connectivity index (χ1v) is 6.99. The van der Waals surface area contributed by atoms with Crippen molar-refractivity contribution < 1.29 is 9.18 Å². The molecular weight excluding hydrogens is 381 g/mol. The molecule has 1 aromatic carbocycles. The molecule has 0 saturated carbocycles. The van der Waals surface area contributed by atoms with Gasteiger partial charge in [-0.15, -0.1) is 0 Å². The van der Waals surface area contributed by atoms with Gasteiger partial charge in [0.15, 0.2) is 0 Å². The number of hydrogen-bond acceptors (Lipinski definition) is 2. The van der Waals surface area contributed by atoms with Crippen LogP contribution < -0.4 is 5.32 Å². The maximum atomic E-state index is 13.5. The molecule has 0 bridgehead atoms. The Morgan fingerprint density at radius 2 is 2.21 bits per heavy atom. The minimum Gasteiger partial charge on any atom is -0.322 e. The Labute approximate surface area is 126 Å². The van der Waals surface area contributed by atoms with Crippen LogP contribution in [0, 0.1) is 12.7 Å². The van der Waals surface area contributed by atoms with E-state index < -0.39 is 5.82 Å². The van der Waals surface area contributed by atoms with Crippen LogP contribution in [0.4, 0.5) is 10.1 Å². The van der Waals surface area contributed by atoms with Gasteiger partial charge in [-0.25, -0.2) is 4.39 Å². The first-order valence-electron chi connectivity index (χ1n) is 5.40. The molecular formula is C12H10Br2FN3O. The van der Waals surface area contributed by atoms with Gasteiger partial charge in [0.2, 0.25) is 5.91 Å². The molecule has 0 spiro atoms. The third-order valence-electron chi connectivity index (χ3n) is 2.40. The van der Waals surface area contributed by atoms with E-state index in [0.717, 1.165) is 10.2 Å². The highest BCUT2D eigenvalue weighted by molar-refractivity contribution is 9.10. The summed E-state index contributed by atoms with van der Waals surface area (Å²) in [6, 6.07) is 4.46. The van der Waals surface area contributed by atoms with Crippen molar-refractivity contribution in [2.75, 3.05) is 5.32 Å². The Balaban J connectivity index is 2.05. The average Bonchev–Trinajstić information content (AvgIpc) is 2.62. The summed E-state index contributed by atoms with van der Waals surface area (Å²) in [7, 11) is 0. The van der Waals surface area contributed by atoms with Crippen LogP contribution in [0.1, 0.15) is 5.69 Å². The van der Waals surface area contributed by atoms with Crippen molar-refractivity contribution in [3.8, 4) is 0 Å². The SMILES string of the molecule is Cc1nn(CC(=O)Nc2ccc(Br)cc2F)cc1Br. The molecule has 100 valence electrons. The predicted octanol–water partition coefficient (Wildman–Crippen LogP) is 3.49. The van der Waals surface area contributed by atoms with E-state index >= 15 is 0 Å². The molecule has 0 saturated heterocycles. The number of carbonyl (C=O) groups excluding carboxylic acids is 1. The molecule has 1 amide bonds. The summed E-state index contributed by atoms with van der Waals surface area (Å²) < 4.78 is 16.5. The lowest BCUT2D eigenvalue weighted by molar-refractivity contribution is -0.116. The number of halogens is 3. The topological polar surface area (TPSA) is 46.9 Å². The zero-order valence-electron chi connectivity index (χ0n) is 9.95. The molecule has 0 radical (unpaired) electrons. The summed E-state index contributed by atoms with van der Waals surface area (Å²) in [6.45, 7) is 1.86. The number of rotatable bonds is 3. The Bertz CT molecular complexity index is 608. The third kappa shape index (κ3) is 3.63. The van der Waals surface area contributed by atoms with Crippen molar-refractivity contribution in [3.63, 3.8) is 0 Å². The molecule has 0 aliphatic heterocycles. The second-order valence-corrected chi connectivity index (χ2v) is 5.70. The van der Waals surface area contributed by atoms with Gasteiger partial charge in [-0.3, -0.25) is 9.48 Å². The van der Waals surface area contributed by atoms with Crippen LogP contribution in [0.3, 0.4) is 0 Å². The Hall–Kier alpha value is -1.21. The number of benzene rings is 1. The lowest BCUT2D eigenvalue weighted by Gasteiger charge is -2.06. The van der Waals surface area contributed by atoms with Crippen molar-refractivity contribution >= 4 is 43.5 Å². The van der Waals surface area contributed by atoms with E-state index in [0.29, 0.717) is 4.47 Å². The highest BCUT2D eigenvalue weighted by Gasteiger charge is 2.09. The van der Waals surface area contributed by atoms with Crippen LogP contribution >= 0.6 is 31.9 Å². The molecule has 1 heterocycles. The van der Waals surface area contributed by atoms with Crippen LogP contribution in [0.5, 0.6) is 0 Å². The summed E-state index contributed by atoms with van der Waals surface area (Å²) in [5.41, 5.74) is 0.943. The van der Waals surface area contributed by atoms with Gasteiger partial charge in [-0.1, -0.05) is 15.9 Å². The van der Waals surface area contributed by atoms with E-state index in [1.54, 1.807) is 12.3 Å². The molecule has 19 heavy (non-hydrogen) atoms. The van der Waals surface area contributed by atoms with Gasteiger partial charge < -0.3 is 5.32 Å². The molecule has 0 aliphatic carbocycles. The number of aryl methyl sites for hydroxylation is 1. The molecule has 2 aromatic rings. The van der Waals surface area contributed by atoms with Gasteiger partial charge >= 0.3 is 0 Å². The fourth-order valence-corrected chi connectivity index (χ4v) is 2.15. The lowest BCUT2D eigenvalue weighted by Crippen LogP contribution is -2.19. The first-order chi connectivity index (χ1) is 8.95.